The van der Waals surface area contributed by atoms with E-state index in [2.05, 4.69) is 5.32 Å². The Bertz CT molecular complexity index is 504. The Hall–Kier alpha value is -2.32. The summed E-state index contributed by atoms with van der Waals surface area (Å²) in [6, 6.07) is -0.665. The summed E-state index contributed by atoms with van der Waals surface area (Å²) in [5.41, 5.74) is 0. The van der Waals surface area contributed by atoms with Crippen LogP contribution in [0.5, 0.6) is 0 Å². The molecular formula is C13H17NO8. The Morgan fingerprint density at radius 1 is 1.05 bits per heavy atom. The van der Waals surface area contributed by atoms with E-state index in [1.165, 1.54) is 20.8 Å². The van der Waals surface area contributed by atoms with Gasteiger partial charge in [-0.2, -0.15) is 0 Å². The van der Waals surface area contributed by atoms with E-state index >= 15 is 0 Å². The van der Waals surface area contributed by atoms with Crippen molar-refractivity contribution in [3.8, 4) is 0 Å². The van der Waals surface area contributed by atoms with Gasteiger partial charge in [0.05, 0.1) is 5.92 Å². The van der Waals surface area contributed by atoms with Crippen molar-refractivity contribution in [3.63, 3.8) is 0 Å². The van der Waals surface area contributed by atoms with Gasteiger partial charge >= 0.3 is 24.0 Å². The molecule has 1 amide bonds. The highest BCUT2D eigenvalue weighted by Gasteiger charge is 2.60. The maximum Gasteiger partial charge on any atom is 0.407 e. The molecule has 5 unspecified atom stereocenters. The first-order chi connectivity index (χ1) is 10.3. The summed E-state index contributed by atoms with van der Waals surface area (Å²) in [5.74, 6) is -2.32. The van der Waals surface area contributed by atoms with Crippen molar-refractivity contribution in [1.82, 2.24) is 5.32 Å². The molecular weight excluding hydrogens is 298 g/mol. The molecule has 1 aliphatic carbocycles. The lowest BCUT2D eigenvalue weighted by atomic mass is 10.0. The van der Waals surface area contributed by atoms with E-state index in [4.69, 9.17) is 18.9 Å². The zero-order valence-corrected chi connectivity index (χ0v) is 12.4. The zero-order chi connectivity index (χ0) is 16.4. The highest BCUT2D eigenvalue weighted by Crippen LogP contribution is 2.37. The Balaban J connectivity index is 2.25. The molecule has 1 N–H and O–H groups in total. The third kappa shape index (κ3) is 3.29. The number of hydrogen-bond donors (Lipinski definition) is 1. The molecule has 5 atom stereocenters. The number of fused-ring (bicyclic) bond motifs is 1. The van der Waals surface area contributed by atoms with E-state index in [1.54, 1.807) is 0 Å². The Kier molecular flexibility index (Phi) is 4.53. The van der Waals surface area contributed by atoms with Gasteiger partial charge in [-0.3, -0.25) is 14.4 Å². The Morgan fingerprint density at radius 2 is 1.64 bits per heavy atom. The number of ether oxygens (including phenoxy) is 4. The van der Waals surface area contributed by atoms with Crippen LogP contribution in [0.4, 0.5) is 4.79 Å². The van der Waals surface area contributed by atoms with Gasteiger partial charge in [-0.05, 0) is 0 Å². The fourth-order valence-corrected chi connectivity index (χ4v) is 2.79. The maximum atomic E-state index is 11.4. The number of carbonyl (C=O) groups is 4. The molecule has 122 valence electrons. The van der Waals surface area contributed by atoms with Crippen LogP contribution < -0.4 is 5.32 Å². The van der Waals surface area contributed by atoms with E-state index in [9.17, 15) is 19.2 Å². The largest absolute Gasteiger partial charge is 0.465 e. The van der Waals surface area contributed by atoms with E-state index < -0.39 is 54.3 Å². The molecule has 1 saturated carbocycles. The van der Waals surface area contributed by atoms with Crippen LogP contribution in [0.2, 0.25) is 0 Å². The minimum absolute atomic E-state index is 0.124. The van der Waals surface area contributed by atoms with Crippen molar-refractivity contribution in [2.24, 2.45) is 5.92 Å². The van der Waals surface area contributed by atoms with Gasteiger partial charge in [-0.1, -0.05) is 0 Å². The lowest BCUT2D eigenvalue weighted by molar-refractivity contribution is -0.168. The minimum Gasteiger partial charge on any atom is -0.465 e. The van der Waals surface area contributed by atoms with Crippen LogP contribution in [-0.2, 0) is 33.3 Å². The second-order valence-corrected chi connectivity index (χ2v) is 5.15. The molecule has 22 heavy (non-hydrogen) atoms. The summed E-state index contributed by atoms with van der Waals surface area (Å²) >= 11 is 0. The molecule has 0 radical (unpaired) electrons. The monoisotopic (exact) mass is 315 g/mol. The number of carbonyl (C=O) groups excluding carboxylic acids is 4. The highest BCUT2D eigenvalue weighted by molar-refractivity contribution is 5.72. The summed E-state index contributed by atoms with van der Waals surface area (Å²) in [6.07, 6.45) is -3.17. The normalized spacial score (nSPS) is 32.5. The van der Waals surface area contributed by atoms with Crippen LogP contribution in [0.15, 0.2) is 0 Å². The van der Waals surface area contributed by atoms with Crippen molar-refractivity contribution >= 4 is 24.0 Å². The Morgan fingerprint density at radius 3 is 2.18 bits per heavy atom. The number of hydrogen-bond acceptors (Lipinski definition) is 8. The standard InChI is InChI=1S/C13H17NO8/c1-5(15)19-4-8-10-9(14-13(18)22-10)12(21-7(3)17)11(8)20-6(2)16/h8-12H,4H2,1-3H3,(H,14,18). The second kappa shape index (κ2) is 6.20. The summed E-state index contributed by atoms with van der Waals surface area (Å²) in [6.45, 7) is 3.52. The lowest BCUT2D eigenvalue weighted by Crippen LogP contribution is -2.44. The van der Waals surface area contributed by atoms with E-state index in [-0.39, 0.29) is 6.61 Å². The topological polar surface area (TPSA) is 117 Å². The van der Waals surface area contributed by atoms with Crippen molar-refractivity contribution in [2.75, 3.05) is 6.61 Å². The van der Waals surface area contributed by atoms with Gasteiger partial charge in [0.2, 0.25) is 0 Å². The van der Waals surface area contributed by atoms with Gasteiger partial charge in [0.1, 0.15) is 18.8 Å². The average molecular weight is 315 g/mol. The lowest BCUT2D eigenvalue weighted by Gasteiger charge is -2.25. The predicted molar refractivity (Wildman–Crippen MR) is 68.4 cm³/mol. The second-order valence-electron chi connectivity index (χ2n) is 5.15. The van der Waals surface area contributed by atoms with Crippen LogP contribution >= 0.6 is 0 Å². The molecule has 0 aromatic heterocycles. The summed E-state index contributed by atoms with van der Waals surface area (Å²) in [4.78, 5) is 45.0. The molecule has 0 aromatic carbocycles. The third-order valence-corrected chi connectivity index (χ3v) is 3.49. The van der Waals surface area contributed by atoms with Crippen LogP contribution in [0.3, 0.4) is 0 Å². The van der Waals surface area contributed by atoms with Gasteiger partial charge in [0, 0.05) is 20.8 Å². The first kappa shape index (κ1) is 16.1. The van der Waals surface area contributed by atoms with Crippen molar-refractivity contribution < 1.29 is 38.1 Å². The first-order valence-electron chi connectivity index (χ1n) is 6.74. The Labute approximate surface area is 126 Å². The molecule has 1 heterocycles. The first-order valence-corrected chi connectivity index (χ1v) is 6.74. The molecule has 9 heteroatoms. The van der Waals surface area contributed by atoms with E-state index in [1.807, 2.05) is 0 Å². The highest BCUT2D eigenvalue weighted by atomic mass is 16.6. The molecule has 0 spiro atoms. The summed E-state index contributed by atoms with van der Waals surface area (Å²) < 4.78 is 20.4. The smallest absolute Gasteiger partial charge is 0.407 e. The average Bonchev–Trinajstić information content (AvgIpc) is 2.85. The molecule has 1 aliphatic heterocycles. The zero-order valence-electron chi connectivity index (χ0n) is 12.4. The van der Waals surface area contributed by atoms with Crippen molar-refractivity contribution in [3.05, 3.63) is 0 Å². The molecule has 2 aliphatic rings. The molecule has 2 rings (SSSR count). The summed E-state index contributed by atoms with van der Waals surface area (Å²) in [5, 5.41) is 2.52. The quantitative estimate of drug-likeness (QED) is 0.546. The molecule has 1 saturated heterocycles. The predicted octanol–water partition coefficient (Wildman–Crippen LogP) is -0.480. The van der Waals surface area contributed by atoms with Gasteiger partial charge in [-0.15, -0.1) is 0 Å². The molecule has 0 aromatic rings. The number of rotatable bonds is 4. The van der Waals surface area contributed by atoms with Gasteiger partial charge in [0.15, 0.2) is 12.2 Å². The maximum absolute atomic E-state index is 11.4. The number of alkyl carbamates (subject to hydrolysis) is 1. The number of esters is 3. The molecule has 9 nitrogen and oxygen atoms in total. The molecule has 0 bridgehead atoms. The molecule has 2 fully saturated rings. The minimum atomic E-state index is -0.904. The fourth-order valence-electron chi connectivity index (χ4n) is 2.79. The van der Waals surface area contributed by atoms with Crippen molar-refractivity contribution in [1.29, 1.82) is 0 Å². The SMILES string of the molecule is CC(=O)OCC1C2OC(=O)NC2C(OC(C)=O)C1OC(C)=O. The van der Waals surface area contributed by atoms with E-state index in [0.717, 1.165) is 0 Å². The van der Waals surface area contributed by atoms with Gasteiger partial charge in [0.25, 0.3) is 0 Å². The van der Waals surface area contributed by atoms with Crippen LogP contribution in [0.25, 0.3) is 0 Å². The summed E-state index contributed by atoms with van der Waals surface area (Å²) in [7, 11) is 0. The van der Waals surface area contributed by atoms with Crippen LogP contribution in [0.1, 0.15) is 20.8 Å². The number of nitrogens with one attached hydrogen (secondary N) is 1. The third-order valence-electron chi connectivity index (χ3n) is 3.49. The fraction of sp³-hybridized carbons (Fsp3) is 0.692. The van der Waals surface area contributed by atoms with Gasteiger partial charge in [-0.25, -0.2) is 4.79 Å². The van der Waals surface area contributed by atoms with Crippen LogP contribution in [0, 0.1) is 5.92 Å². The van der Waals surface area contributed by atoms with Crippen LogP contribution in [-0.4, -0.2) is 55.0 Å². The van der Waals surface area contributed by atoms with Gasteiger partial charge < -0.3 is 24.3 Å². The van der Waals surface area contributed by atoms with E-state index in [0.29, 0.717) is 0 Å². The number of amides is 1. The van der Waals surface area contributed by atoms with Crippen molar-refractivity contribution in [2.45, 2.75) is 45.1 Å².